The Bertz CT molecular complexity index is 439. The number of carbonyl (C=O) groups is 2. The number of ether oxygens (including phenoxy) is 3. The summed E-state index contributed by atoms with van der Waals surface area (Å²) in [5, 5.41) is 2.58. The highest BCUT2D eigenvalue weighted by atomic mass is 16.6. The molecule has 0 spiro atoms. The number of alkyl carbamates (subject to hydrolysis) is 1. The summed E-state index contributed by atoms with van der Waals surface area (Å²) in [5.41, 5.74) is -0.171. The Kier molecular flexibility index (Phi) is 5.62. The van der Waals surface area contributed by atoms with Crippen molar-refractivity contribution >= 4 is 12.1 Å². The number of hydrogen-bond acceptors (Lipinski definition) is 5. The zero-order chi connectivity index (χ0) is 17.1. The highest BCUT2D eigenvalue weighted by Crippen LogP contribution is 2.56. The van der Waals surface area contributed by atoms with Gasteiger partial charge in [-0.15, -0.1) is 0 Å². The predicted molar refractivity (Wildman–Crippen MR) is 82.4 cm³/mol. The Hall–Kier alpha value is -1.56. The standard InChI is InChI=1S/C16H27NO5/c1-10(2)11(18)21-9-8-17-14(19)22-13-15(3,4)12(20-7)16(13,5)6/h12-13H,1,8-9H2,2-7H3,(H,17,19). The van der Waals surface area contributed by atoms with Crippen LogP contribution in [0.25, 0.3) is 0 Å². The number of amides is 1. The van der Waals surface area contributed by atoms with Crippen LogP contribution in [0.2, 0.25) is 0 Å². The van der Waals surface area contributed by atoms with Gasteiger partial charge < -0.3 is 19.5 Å². The van der Waals surface area contributed by atoms with E-state index in [0.29, 0.717) is 5.57 Å². The molecule has 0 saturated heterocycles. The summed E-state index contributed by atoms with van der Waals surface area (Å²) in [7, 11) is 1.67. The molecule has 0 radical (unpaired) electrons. The van der Waals surface area contributed by atoms with E-state index in [1.165, 1.54) is 0 Å². The zero-order valence-corrected chi connectivity index (χ0v) is 14.3. The molecule has 126 valence electrons. The average Bonchev–Trinajstić information content (AvgIpc) is 2.40. The zero-order valence-electron chi connectivity index (χ0n) is 14.3. The van der Waals surface area contributed by atoms with Gasteiger partial charge in [0, 0.05) is 23.5 Å². The van der Waals surface area contributed by atoms with Crippen LogP contribution >= 0.6 is 0 Å². The normalized spacial score (nSPS) is 24.8. The summed E-state index contributed by atoms with van der Waals surface area (Å²) < 4.78 is 15.9. The van der Waals surface area contributed by atoms with Crippen molar-refractivity contribution in [2.24, 2.45) is 10.8 Å². The van der Waals surface area contributed by atoms with E-state index in [-0.39, 0.29) is 36.2 Å². The number of esters is 1. The molecule has 0 aromatic rings. The Morgan fingerprint density at radius 3 is 2.14 bits per heavy atom. The summed E-state index contributed by atoms with van der Waals surface area (Å²) in [6.07, 6.45) is -0.746. The molecule has 6 heteroatoms. The highest BCUT2D eigenvalue weighted by molar-refractivity contribution is 5.86. The van der Waals surface area contributed by atoms with Gasteiger partial charge in [0.15, 0.2) is 0 Å². The molecule has 0 aromatic carbocycles. The molecular weight excluding hydrogens is 286 g/mol. The molecule has 1 N–H and O–H groups in total. The van der Waals surface area contributed by atoms with Crippen LogP contribution in [0.5, 0.6) is 0 Å². The van der Waals surface area contributed by atoms with Crippen LogP contribution in [-0.2, 0) is 19.0 Å². The van der Waals surface area contributed by atoms with E-state index in [9.17, 15) is 9.59 Å². The Morgan fingerprint density at radius 2 is 1.68 bits per heavy atom. The van der Waals surface area contributed by atoms with Crippen LogP contribution in [0.3, 0.4) is 0 Å². The molecule has 0 aliphatic heterocycles. The molecule has 1 fully saturated rings. The molecule has 0 heterocycles. The fraction of sp³-hybridized carbons (Fsp3) is 0.750. The molecule has 0 aromatic heterocycles. The predicted octanol–water partition coefficient (Wildman–Crippen LogP) is 2.28. The van der Waals surface area contributed by atoms with Crippen molar-refractivity contribution in [1.82, 2.24) is 5.32 Å². The fourth-order valence-corrected chi connectivity index (χ4v) is 3.58. The second kappa shape index (κ2) is 6.69. The number of nitrogens with one attached hydrogen (secondary N) is 1. The lowest BCUT2D eigenvalue weighted by Gasteiger charge is -2.61. The number of carbonyl (C=O) groups excluding carboxylic acids is 2. The lowest BCUT2D eigenvalue weighted by molar-refractivity contribution is -0.256. The smallest absolute Gasteiger partial charge is 0.407 e. The molecule has 0 unspecified atom stereocenters. The first-order valence-electron chi connectivity index (χ1n) is 7.35. The van der Waals surface area contributed by atoms with Crippen molar-refractivity contribution in [3.05, 3.63) is 12.2 Å². The second-order valence-corrected chi connectivity index (χ2v) is 6.89. The maximum Gasteiger partial charge on any atom is 0.407 e. The summed E-state index contributed by atoms with van der Waals surface area (Å²) in [5.74, 6) is -0.473. The molecule has 1 amide bonds. The van der Waals surface area contributed by atoms with Crippen molar-refractivity contribution in [2.45, 2.75) is 46.8 Å². The topological polar surface area (TPSA) is 73.9 Å². The molecule has 22 heavy (non-hydrogen) atoms. The third-order valence-electron chi connectivity index (χ3n) is 4.12. The Balaban J connectivity index is 2.40. The van der Waals surface area contributed by atoms with E-state index in [1.54, 1.807) is 14.0 Å². The van der Waals surface area contributed by atoms with Gasteiger partial charge in [0.2, 0.25) is 0 Å². The molecule has 0 bridgehead atoms. The van der Waals surface area contributed by atoms with Crippen molar-refractivity contribution in [3.63, 3.8) is 0 Å². The van der Waals surface area contributed by atoms with Crippen molar-refractivity contribution < 1.29 is 23.8 Å². The monoisotopic (exact) mass is 313 g/mol. The second-order valence-electron chi connectivity index (χ2n) is 6.89. The largest absolute Gasteiger partial charge is 0.460 e. The minimum absolute atomic E-state index is 0.0225. The maximum atomic E-state index is 11.9. The number of methoxy groups -OCH3 is 1. The van der Waals surface area contributed by atoms with E-state index in [0.717, 1.165) is 0 Å². The van der Waals surface area contributed by atoms with Crippen LogP contribution < -0.4 is 5.32 Å². The first kappa shape index (κ1) is 18.5. The van der Waals surface area contributed by atoms with E-state index in [2.05, 4.69) is 11.9 Å². The lowest BCUT2D eigenvalue weighted by atomic mass is 9.51. The first-order chi connectivity index (χ1) is 10.0. The van der Waals surface area contributed by atoms with Gasteiger partial charge in [0.1, 0.15) is 12.7 Å². The van der Waals surface area contributed by atoms with E-state index in [4.69, 9.17) is 14.2 Å². The molecule has 1 saturated carbocycles. The van der Waals surface area contributed by atoms with Crippen molar-refractivity contribution in [3.8, 4) is 0 Å². The van der Waals surface area contributed by atoms with E-state index >= 15 is 0 Å². The van der Waals surface area contributed by atoms with Crippen LogP contribution in [0, 0.1) is 10.8 Å². The Morgan fingerprint density at radius 1 is 1.14 bits per heavy atom. The molecule has 1 rings (SSSR count). The third-order valence-corrected chi connectivity index (χ3v) is 4.12. The summed E-state index contributed by atoms with van der Waals surface area (Å²) in [4.78, 5) is 23.0. The van der Waals surface area contributed by atoms with Crippen molar-refractivity contribution in [1.29, 1.82) is 0 Å². The third kappa shape index (κ3) is 3.61. The molecule has 1 aliphatic rings. The van der Waals surface area contributed by atoms with Gasteiger partial charge >= 0.3 is 12.1 Å². The van der Waals surface area contributed by atoms with Crippen LogP contribution in [0.1, 0.15) is 34.6 Å². The van der Waals surface area contributed by atoms with Crippen molar-refractivity contribution in [2.75, 3.05) is 20.3 Å². The lowest BCUT2D eigenvalue weighted by Crippen LogP contribution is -2.69. The van der Waals surface area contributed by atoms with Crippen LogP contribution in [-0.4, -0.2) is 44.5 Å². The maximum absolute atomic E-state index is 11.9. The van der Waals surface area contributed by atoms with Gasteiger partial charge in [-0.2, -0.15) is 0 Å². The fourth-order valence-electron chi connectivity index (χ4n) is 3.58. The van der Waals surface area contributed by atoms with E-state index < -0.39 is 12.1 Å². The van der Waals surface area contributed by atoms with Gasteiger partial charge in [-0.25, -0.2) is 9.59 Å². The highest BCUT2D eigenvalue weighted by Gasteiger charge is 2.64. The number of hydrogen-bond donors (Lipinski definition) is 1. The summed E-state index contributed by atoms with van der Waals surface area (Å²) in [6.45, 7) is 13.4. The average molecular weight is 313 g/mol. The van der Waals surface area contributed by atoms with Gasteiger partial charge in [-0.3, -0.25) is 0 Å². The molecule has 0 atom stereocenters. The van der Waals surface area contributed by atoms with Crippen LogP contribution in [0.4, 0.5) is 4.79 Å². The SMILES string of the molecule is C=C(C)C(=O)OCCNC(=O)OC1C(C)(C)C(OC)C1(C)C. The van der Waals surface area contributed by atoms with E-state index in [1.807, 2.05) is 27.7 Å². The Labute approximate surface area is 132 Å². The van der Waals surface area contributed by atoms with Gasteiger partial charge in [0.05, 0.1) is 12.6 Å². The number of rotatable bonds is 6. The minimum Gasteiger partial charge on any atom is -0.460 e. The van der Waals surface area contributed by atoms with Gasteiger partial charge in [-0.1, -0.05) is 34.3 Å². The summed E-state index contributed by atoms with van der Waals surface area (Å²) in [6, 6.07) is 0. The quantitative estimate of drug-likeness (QED) is 0.462. The van der Waals surface area contributed by atoms with Crippen LogP contribution in [0.15, 0.2) is 12.2 Å². The molecule has 1 aliphatic carbocycles. The minimum atomic E-state index is -0.521. The van der Waals surface area contributed by atoms with Gasteiger partial charge in [0.25, 0.3) is 0 Å². The first-order valence-corrected chi connectivity index (χ1v) is 7.35. The van der Waals surface area contributed by atoms with Gasteiger partial charge in [-0.05, 0) is 6.92 Å². The molecular formula is C16H27NO5. The molecule has 6 nitrogen and oxygen atoms in total. The summed E-state index contributed by atoms with van der Waals surface area (Å²) >= 11 is 0.